The molecule has 0 atom stereocenters. The molecule has 2 N–H and O–H groups in total. The minimum absolute atomic E-state index is 0.0388. The number of ether oxygens (including phenoxy) is 1. The van der Waals surface area contributed by atoms with E-state index in [1.54, 1.807) is 43.3 Å². The van der Waals surface area contributed by atoms with Crippen molar-refractivity contribution in [3.8, 4) is 5.75 Å². The van der Waals surface area contributed by atoms with Crippen molar-refractivity contribution < 1.29 is 22.3 Å². The lowest BCUT2D eigenvalue weighted by Gasteiger charge is -2.12. The molecule has 0 unspecified atom stereocenters. The van der Waals surface area contributed by atoms with E-state index < -0.39 is 21.7 Å². The average Bonchev–Trinajstić information content (AvgIpc) is 2.69. The van der Waals surface area contributed by atoms with Crippen LogP contribution in [-0.2, 0) is 14.8 Å². The predicted molar refractivity (Wildman–Crippen MR) is 117 cm³/mol. The first-order valence-electron chi connectivity index (χ1n) is 8.81. The second kappa shape index (κ2) is 9.27. The lowest BCUT2D eigenvalue weighted by molar-refractivity contribution is -0.118. The van der Waals surface area contributed by atoms with Gasteiger partial charge in [0, 0.05) is 10.2 Å². The Balaban J connectivity index is 1.64. The van der Waals surface area contributed by atoms with Crippen molar-refractivity contribution in [1.82, 2.24) is 0 Å². The molecule has 0 bridgehead atoms. The van der Waals surface area contributed by atoms with Crippen LogP contribution in [0.15, 0.2) is 76.1 Å². The molecule has 0 aliphatic heterocycles. The lowest BCUT2D eigenvalue weighted by Crippen LogP contribution is -2.21. The molecule has 0 aliphatic rings. The minimum Gasteiger partial charge on any atom is -0.483 e. The quantitative estimate of drug-likeness (QED) is 0.499. The number of aryl methyl sites for hydroxylation is 1. The molecule has 0 aromatic heterocycles. The van der Waals surface area contributed by atoms with Crippen molar-refractivity contribution in [3.63, 3.8) is 0 Å². The fourth-order valence-corrected chi connectivity index (χ4v) is 4.07. The summed E-state index contributed by atoms with van der Waals surface area (Å²) in [6.45, 7) is 1.31. The molecular formula is C21H18BrFN2O4S. The van der Waals surface area contributed by atoms with Gasteiger partial charge < -0.3 is 10.1 Å². The largest absolute Gasteiger partial charge is 0.483 e. The topological polar surface area (TPSA) is 84.5 Å². The molecule has 0 aliphatic carbocycles. The molecule has 0 fully saturated rings. The Hall–Kier alpha value is -2.91. The molecule has 30 heavy (non-hydrogen) atoms. The van der Waals surface area contributed by atoms with E-state index in [4.69, 9.17) is 4.74 Å². The Morgan fingerprint density at radius 1 is 1.07 bits per heavy atom. The Kier molecular flexibility index (Phi) is 6.73. The zero-order valence-corrected chi connectivity index (χ0v) is 18.3. The van der Waals surface area contributed by atoms with E-state index in [2.05, 4.69) is 26.0 Å². The van der Waals surface area contributed by atoms with Gasteiger partial charge in [-0.1, -0.05) is 34.1 Å². The molecule has 3 rings (SSSR count). The molecule has 0 saturated heterocycles. The summed E-state index contributed by atoms with van der Waals surface area (Å²) < 4.78 is 47.4. The molecule has 6 nitrogen and oxygen atoms in total. The standard InChI is InChI=1S/C21H18BrFN2O4S/c1-14-11-17(30(27,28)25-16-5-3-2-4-6-16)8-10-20(14)29-13-21(26)24-19-9-7-15(22)12-18(19)23/h2-12,25H,13H2,1H3,(H,24,26). The highest BCUT2D eigenvalue weighted by Gasteiger charge is 2.16. The molecular weight excluding hydrogens is 475 g/mol. The summed E-state index contributed by atoms with van der Waals surface area (Å²) in [5, 5.41) is 2.42. The molecule has 0 spiro atoms. The van der Waals surface area contributed by atoms with Crippen LogP contribution in [0.4, 0.5) is 15.8 Å². The number of hydrogen-bond donors (Lipinski definition) is 2. The Bertz CT molecular complexity index is 1170. The van der Waals surface area contributed by atoms with Crippen LogP contribution in [0.1, 0.15) is 5.56 Å². The number of halogens is 2. The van der Waals surface area contributed by atoms with Gasteiger partial charge in [0.2, 0.25) is 0 Å². The summed E-state index contributed by atoms with van der Waals surface area (Å²) in [7, 11) is -3.76. The van der Waals surface area contributed by atoms with Crippen molar-refractivity contribution in [3.05, 3.63) is 82.6 Å². The van der Waals surface area contributed by atoms with Gasteiger partial charge in [-0.3, -0.25) is 9.52 Å². The van der Waals surface area contributed by atoms with Gasteiger partial charge >= 0.3 is 0 Å². The number of amides is 1. The summed E-state index contributed by atoms with van der Waals surface area (Å²) in [5.74, 6) is -0.771. The smallest absolute Gasteiger partial charge is 0.262 e. The van der Waals surface area contributed by atoms with Crippen LogP contribution in [0.3, 0.4) is 0 Å². The van der Waals surface area contributed by atoms with Crippen LogP contribution < -0.4 is 14.8 Å². The van der Waals surface area contributed by atoms with Gasteiger partial charge in [-0.15, -0.1) is 0 Å². The Morgan fingerprint density at radius 2 is 1.80 bits per heavy atom. The maximum atomic E-state index is 13.8. The van der Waals surface area contributed by atoms with Crippen molar-refractivity contribution in [2.75, 3.05) is 16.6 Å². The molecule has 3 aromatic rings. The number of para-hydroxylation sites is 1. The molecule has 0 saturated carbocycles. The minimum atomic E-state index is -3.76. The third-order valence-corrected chi connectivity index (χ3v) is 5.92. The van der Waals surface area contributed by atoms with Gasteiger partial charge in [0.25, 0.3) is 15.9 Å². The van der Waals surface area contributed by atoms with Crippen LogP contribution in [0.25, 0.3) is 0 Å². The van der Waals surface area contributed by atoms with Crippen LogP contribution in [-0.4, -0.2) is 20.9 Å². The highest BCUT2D eigenvalue weighted by Crippen LogP contribution is 2.24. The highest BCUT2D eigenvalue weighted by atomic mass is 79.9. The zero-order chi connectivity index (χ0) is 21.7. The fraction of sp³-hybridized carbons (Fsp3) is 0.0952. The van der Waals surface area contributed by atoms with E-state index in [0.29, 0.717) is 21.5 Å². The molecule has 156 valence electrons. The molecule has 9 heteroatoms. The first-order valence-corrected chi connectivity index (χ1v) is 11.1. The normalized spacial score (nSPS) is 11.0. The number of sulfonamides is 1. The van der Waals surface area contributed by atoms with Gasteiger partial charge in [-0.25, -0.2) is 12.8 Å². The first-order chi connectivity index (χ1) is 14.2. The number of carbonyl (C=O) groups is 1. The van der Waals surface area contributed by atoms with Crippen LogP contribution in [0, 0.1) is 12.7 Å². The van der Waals surface area contributed by atoms with Crippen molar-refractivity contribution in [1.29, 1.82) is 0 Å². The maximum Gasteiger partial charge on any atom is 0.262 e. The summed E-state index contributed by atoms with van der Waals surface area (Å²) >= 11 is 3.15. The summed E-state index contributed by atoms with van der Waals surface area (Å²) in [4.78, 5) is 12.1. The summed E-state index contributed by atoms with van der Waals surface area (Å²) in [6.07, 6.45) is 0. The van der Waals surface area contributed by atoms with E-state index in [-0.39, 0.29) is 17.2 Å². The van der Waals surface area contributed by atoms with Crippen LogP contribution in [0.2, 0.25) is 0 Å². The number of anilines is 2. The third-order valence-electron chi connectivity index (χ3n) is 4.05. The number of carbonyl (C=O) groups excluding carboxylic acids is 1. The lowest BCUT2D eigenvalue weighted by atomic mass is 10.2. The van der Waals surface area contributed by atoms with Gasteiger partial charge in [0.15, 0.2) is 6.61 Å². The SMILES string of the molecule is Cc1cc(S(=O)(=O)Nc2ccccc2)ccc1OCC(=O)Nc1ccc(Br)cc1F. The third kappa shape index (κ3) is 5.58. The van der Waals surface area contributed by atoms with Gasteiger partial charge in [-0.2, -0.15) is 0 Å². The fourth-order valence-electron chi connectivity index (χ4n) is 2.59. The van der Waals surface area contributed by atoms with Gasteiger partial charge in [0.05, 0.1) is 10.6 Å². The zero-order valence-electron chi connectivity index (χ0n) is 15.9. The predicted octanol–water partition coefficient (Wildman–Crippen LogP) is 4.71. The monoisotopic (exact) mass is 492 g/mol. The van der Waals surface area contributed by atoms with Crippen molar-refractivity contribution in [2.45, 2.75) is 11.8 Å². The number of benzene rings is 3. The van der Waals surface area contributed by atoms with Gasteiger partial charge in [-0.05, 0) is 61.0 Å². The summed E-state index contributed by atoms with van der Waals surface area (Å²) in [6, 6.07) is 17.1. The van der Waals surface area contributed by atoms with E-state index >= 15 is 0 Å². The second-order valence-corrected chi connectivity index (χ2v) is 8.96. The second-order valence-electron chi connectivity index (χ2n) is 6.36. The highest BCUT2D eigenvalue weighted by molar-refractivity contribution is 9.10. The van der Waals surface area contributed by atoms with E-state index in [9.17, 15) is 17.6 Å². The maximum absolute atomic E-state index is 13.8. The Labute approximate surface area is 182 Å². The molecule has 0 radical (unpaired) electrons. The van der Waals surface area contributed by atoms with E-state index in [1.807, 2.05) is 0 Å². The number of hydrogen-bond acceptors (Lipinski definition) is 4. The van der Waals surface area contributed by atoms with Crippen molar-refractivity contribution >= 4 is 43.2 Å². The van der Waals surface area contributed by atoms with E-state index in [1.165, 1.54) is 30.3 Å². The first kappa shape index (κ1) is 21.8. The average molecular weight is 493 g/mol. The molecule has 0 heterocycles. The van der Waals surface area contributed by atoms with Crippen LogP contribution in [0.5, 0.6) is 5.75 Å². The summed E-state index contributed by atoms with van der Waals surface area (Å²) in [5.41, 5.74) is 1.03. The Morgan fingerprint density at radius 3 is 2.47 bits per heavy atom. The van der Waals surface area contributed by atoms with E-state index in [0.717, 1.165) is 0 Å². The number of rotatable bonds is 7. The van der Waals surface area contributed by atoms with Crippen LogP contribution >= 0.6 is 15.9 Å². The van der Waals surface area contributed by atoms with Crippen molar-refractivity contribution in [2.24, 2.45) is 0 Å². The number of nitrogens with one attached hydrogen (secondary N) is 2. The molecule has 3 aromatic carbocycles. The van der Waals surface area contributed by atoms with Gasteiger partial charge in [0.1, 0.15) is 11.6 Å². The molecule has 1 amide bonds.